The van der Waals surface area contributed by atoms with Crippen molar-refractivity contribution in [2.75, 3.05) is 0 Å². The Kier molecular flexibility index (Phi) is 3.90. The van der Waals surface area contributed by atoms with Gasteiger partial charge in [-0.05, 0) is 75.3 Å². The number of carbonyl (C=O) groups is 1. The van der Waals surface area contributed by atoms with Crippen molar-refractivity contribution in [3.8, 4) is 5.75 Å². The molecule has 3 N–H and O–H groups in total. The van der Waals surface area contributed by atoms with E-state index < -0.39 is 11.0 Å². The molecule has 4 aliphatic rings. The van der Waals surface area contributed by atoms with Gasteiger partial charge < -0.3 is 15.3 Å². The largest absolute Gasteiger partial charge is 0.508 e. The molecule has 0 bridgehead atoms. The number of rotatable bonds is 1. The van der Waals surface area contributed by atoms with Gasteiger partial charge in [0.2, 0.25) is 0 Å². The van der Waals surface area contributed by atoms with Crippen molar-refractivity contribution in [3.63, 3.8) is 0 Å². The first kappa shape index (κ1) is 18.9. The zero-order valence-corrected chi connectivity index (χ0v) is 17.2. The minimum atomic E-state index is -1.04. The third-order valence-electron chi connectivity index (χ3n) is 9.21. The highest BCUT2D eigenvalue weighted by Gasteiger charge is 2.65. The van der Waals surface area contributed by atoms with Crippen LogP contribution in [0.1, 0.15) is 57.9 Å². The fourth-order valence-corrected chi connectivity index (χ4v) is 7.58. The number of hydrogen-bond donors (Lipinski definition) is 3. The van der Waals surface area contributed by atoms with Crippen LogP contribution in [0.2, 0.25) is 0 Å². The molecule has 1 aromatic carbocycles. The lowest BCUT2D eigenvalue weighted by atomic mass is 9.46. The Morgan fingerprint density at radius 3 is 2.45 bits per heavy atom. The minimum Gasteiger partial charge on any atom is -0.508 e. The average molecular weight is 395 g/mol. The van der Waals surface area contributed by atoms with Gasteiger partial charge in [-0.1, -0.05) is 30.7 Å². The third kappa shape index (κ3) is 2.27. The molecule has 0 aromatic heterocycles. The maximum Gasteiger partial charge on any atom is 0.169 e. The van der Waals surface area contributed by atoms with Gasteiger partial charge in [-0.15, -0.1) is 0 Å². The Hall–Kier alpha value is -2.07. The first-order valence-corrected chi connectivity index (χ1v) is 10.9. The third-order valence-corrected chi connectivity index (χ3v) is 9.21. The summed E-state index contributed by atoms with van der Waals surface area (Å²) in [6, 6.07) is 7.19. The van der Waals surface area contributed by atoms with Crippen molar-refractivity contribution in [2.45, 2.75) is 58.0 Å². The molecule has 4 heteroatoms. The molecule has 29 heavy (non-hydrogen) atoms. The van der Waals surface area contributed by atoms with Crippen molar-refractivity contribution in [1.29, 1.82) is 0 Å². The molecule has 4 aliphatic carbocycles. The SMILES string of the molecule is C[C@]12C(=O)C=C(O)C=C1CC[C@@H]1[C@@H]2CC[C@@]2(C)[C@H]1CC[C@@]2(O)c1ccccc1O. The molecule has 154 valence electrons. The number of phenols is 1. The van der Waals surface area contributed by atoms with Crippen LogP contribution in [-0.2, 0) is 10.4 Å². The van der Waals surface area contributed by atoms with Crippen molar-refractivity contribution < 1.29 is 20.1 Å². The molecule has 3 fully saturated rings. The van der Waals surface area contributed by atoms with Crippen LogP contribution < -0.4 is 0 Å². The maximum absolute atomic E-state index is 13.0. The summed E-state index contributed by atoms with van der Waals surface area (Å²) in [6.45, 7) is 4.25. The van der Waals surface area contributed by atoms with Gasteiger partial charge in [0.1, 0.15) is 11.5 Å². The fourth-order valence-electron chi connectivity index (χ4n) is 7.58. The molecule has 5 rings (SSSR count). The number of fused-ring (bicyclic) bond motifs is 5. The smallest absolute Gasteiger partial charge is 0.169 e. The van der Waals surface area contributed by atoms with E-state index in [2.05, 4.69) is 13.8 Å². The van der Waals surface area contributed by atoms with E-state index in [1.807, 2.05) is 12.1 Å². The van der Waals surface area contributed by atoms with Crippen LogP contribution in [0.15, 0.2) is 47.7 Å². The average Bonchev–Trinajstić information content (AvgIpc) is 2.95. The van der Waals surface area contributed by atoms with Gasteiger partial charge in [-0.3, -0.25) is 4.79 Å². The lowest BCUT2D eigenvalue weighted by Crippen LogP contribution is -2.55. The van der Waals surface area contributed by atoms with Gasteiger partial charge in [0.05, 0.1) is 11.0 Å². The first-order chi connectivity index (χ1) is 13.7. The van der Waals surface area contributed by atoms with Crippen LogP contribution in [0, 0.1) is 28.6 Å². The number of para-hydroxylation sites is 1. The molecule has 0 saturated heterocycles. The van der Waals surface area contributed by atoms with Crippen molar-refractivity contribution >= 4 is 5.78 Å². The van der Waals surface area contributed by atoms with Crippen LogP contribution in [0.3, 0.4) is 0 Å². The van der Waals surface area contributed by atoms with Crippen molar-refractivity contribution in [2.24, 2.45) is 28.6 Å². The highest BCUT2D eigenvalue weighted by molar-refractivity contribution is 5.99. The number of benzene rings is 1. The number of aromatic hydroxyl groups is 1. The molecule has 0 unspecified atom stereocenters. The number of phenolic OH excluding ortho intramolecular Hbond substituents is 1. The molecule has 0 amide bonds. The fraction of sp³-hybridized carbons (Fsp3) is 0.560. The van der Waals surface area contributed by atoms with Crippen LogP contribution in [0.4, 0.5) is 0 Å². The Morgan fingerprint density at radius 1 is 0.966 bits per heavy atom. The van der Waals surface area contributed by atoms with E-state index in [-0.39, 0.29) is 28.6 Å². The summed E-state index contributed by atoms with van der Waals surface area (Å²) in [5, 5.41) is 32.3. The van der Waals surface area contributed by atoms with Gasteiger partial charge >= 0.3 is 0 Å². The summed E-state index contributed by atoms with van der Waals surface area (Å²) < 4.78 is 0. The number of aliphatic hydroxyl groups excluding tert-OH is 1. The number of allylic oxidation sites excluding steroid dienone is 3. The standard InChI is InChI=1S/C25H30O4/c1-23-11-9-19-17(8-7-15-13-16(26)14-22(28)24(15,19)2)18(23)10-12-25(23,29)20-5-3-4-6-21(20)27/h3-6,13-14,17-19,26-27,29H,7-12H2,1-2H3/t17-,18-,19-,23-,24-,25+/m0/s1. The number of hydrogen-bond acceptors (Lipinski definition) is 4. The summed E-state index contributed by atoms with van der Waals surface area (Å²) in [5.74, 6) is 1.20. The number of ketones is 1. The number of carbonyl (C=O) groups excluding carboxylic acids is 1. The first-order valence-electron chi connectivity index (χ1n) is 10.9. The Balaban J connectivity index is 1.54. The second-order valence-corrected chi connectivity index (χ2v) is 10.1. The summed E-state index contributed by atoms with van der Waals surface area (Å²) >= 11 is 0. The normalized spacial score (nSPS) is 43.7. The lowest BCUT2D eigenvalue weighted by molar-refractivity contribution is -0.144. The Labute approximate surface area is 172 Å². The van der Waals surface area contributed by atoms with E-state index >= 15 is 0 Å². The predicted molar refractivity (Wildman–Crippen MR) is 110 cm³/mol. The van der Waals surface area contributed by atoms with Crippen molar-refractivity contribution in [1.82, 2.24) is 0 Å². The Bertz CT molecular complexity index is 946. The summed E-state index contributed by atoms with van der Waals surface area (Å²) in [4.78, 5) is 13.0. The topological polar surface area (TPSA) is 77.8 Å². The van der Waals surface area contributed by atoms with E-state index in [0.717, 1.165) is 37.7 Å². The second kappa shape index (κ2) is 5.98. The van der Waals surface area contributed by atoms with Gasteiger partial charge in [-0.2, -0.15) is 0 Å². The lowest BCUT2D eigenvalue weighted by Gasteiger charge is -2.58. The molecule has 6 atom stereocenters. The highest BCUT2D eigenvalue weighted by Crippen LogP contribution is 2.69. The van der Waals surface area contributed by atoms with Crippen LogP contribution in [0.25, 0.3) is 0 Å². The molecule has 4 nitrogen and oxygen atoms in total. The van der Waals surface area contributed by atoms with E-state index in [0.29, 0.717) is 23.8 Å². The second-order valence-electron chi connectivity index (χ2n) is 10.1. The monoisotopic (exact) mass is 394 g/mol. The van der Waals surface area contributed by atoms with Gasteiger partial charge in [-0.25, -0.2) is 0 Å². The number of aliphatic hydroxyl groups is 2. The molecule has 3 saturated carbocycles. The van der Waals surface area contributed by atoms with Gasteiger partial charge in [0.15, 0.2) is 5.78 Å². The summed E-state index contributed by atoms with van der Waals surface area (Å²) in [5.41, 5.74) is -0.180. The molecule has 1 aromatic rings. The summed E-state index contributed by atoms with van der Waals surface area (Å²) in [6.07, 6.45) is 8.27. The quantitative estimate of drug-likeness (QED) is 0.641. The Morgan fingerprint density at radius 2 is 1.69 bits per heavy atom. The molecule has 0 heterocycles. The zero-order valence-electron chi connectivity index (χ0n) is 17.2. The highest BCUT2D eigenvalue weighted by atomic mass is 16.3. The van der Waals surface area contributed by atoms with Crippen molar-refractivity contribution in [3.05, 3.63) is 53.3 Å². The zero-order chi connectivity index (χ0) is 20.6. The molecule has 0 radical (unpaired) electrons. The molecular formula is C25H30O4. The van der Waals surface area contributed by atoms with Crippen LogP contribution >= 0.6 is 0 Å². The molecule has 0 spiro atoms. The van der Waals surface area contributed by atoms with Gasteiger partial charge in [0.25, 0.3) is 0 Å². The van der Waals surface area contributed by atoms with Gasteiger partial charge in [0, 0.05) is 17.1 Å². The van der Waals surface area contributed by atoms with Crippen LogP contribution in [0.5, 0.6) is 5.75 Å². The van der Waals surface area contributed by atoms with Crippen LogP contribution in [-0.4, -0.2) is 21.1 Å². The summed E-state index contributed by atoms with van der Waals surface area (Å²) in [7, 11) is 0. The van der Waals surface area contributed by atoms with E-state index in [1.165, 1.54) is 6.08 Å². The van der Waals surface area contributed by atoms with E-state index in [9.17, 15) is 20.1 Å². The van der Waals surface area contributed by atoms with E-state index in [4.69, 9.17) is 0 Å². The predicted octanol–water partition coefficient (Wildman–Crippen LogP) is 4.77. The maximum atomic E-state index is 13.0. The molecule has 0 aliphatic heterocycles. The minimum absolute atomic E-state index is 0.0276. The van der Waals surface area contributed by atoms with E-state index in [1.54, 1.807) is 18.2 Å². The molecular weight excluding hydrogens is 364 g/mol.